The van der Waals surface area contributed by atoms with Crippen LogP contribution in [0.3, 0.4) is 0 Å². The summed E-state index contributed by atoms with van der Waals surface area (Å²) in [7, 11) is 0. The average Bonchev–Trinajstić information content (AvgIpc) is 2.59. The summed E-state index contributed by atoms with van der Waals surface area (Å²) in [5.41, 5.74) is 1.96. The van der Waals surface area contributed by atoms with Crippen molar-refractivity contribution in [3.8, 4) is 5.75 Å². The number of hydrogen-bond donors (Lipinski definition) is 1. The fraction of sp³-hybridized carbons (Fsp3) is 0.350. The molecule has 0 aromatic heterocycles. The van der Waals surface area contributed by atoms with Crippen molar-refractivity contribution in [2.75, 3.05) is 6.61 Å². The predicted molar refractivity (Wildman–Crippen MR) is 93.9 cm³/mol. The van der Waals surface area contributed by atoms with Gasteiger partial charge in [0.25, 0.3) is 5.91 Å². The van der Waals surface area contributed by atoms with Gasteiger partial charge in [-0.3, -0.25) is 4.79 Å². The number of ether oxygens (including phenoxy) is 1. The van der Waals surface area contributed by atoms with Crippen LogP contribution in [0.2, 0.25) is 0 Å². The molecule has 0 bridgehead atoms. The van der Waals surface area contributed by atoms with E-state index < -0.39 is 0 Å². The number of carbonyl (C=O) groups is 1. The van der Waals surface area contributed by atoms with Crippen LogP contribution in [0, 0.1) is 0 Å². The first-order chi connectivity index (χ1) is 11.2. The van der Waals surface area contributed by atoms with Gasteiger partial charge in [0.1, 0.15) is 5.75 Å². The van der Waals surface area contributed by atoms with Crippen LogP contribution in [-0.2, 0) is 6.42 Å². The van der Waals surface area contributed by atoms with Crippen molar-refractivity contribution < 1.29 is 9.53 Å². The number of carbonyl (C=O) groups excluding carboxylic acids is 1. The molecule has 0 fully saturated rings. The van der Waals surface area contributed by atoms with Gasteiger partial charge in [-0.25, -0.2) is 0 Å². The van der Waals surface area contributed by atoms with Crippen LogP contribution in [0.4, 0.5) is 0 Å². The third-order valence-electron chi connectivity index (χ3n) is 3.68. The van der Waals surface area contributed by atoms with Gasteiger partial charge >= 0.3 is 0 Å². The highest BCUT2D eigenvalue weighted by Crippen LogP contribution is 2.13. The Kier molecular flexibility index (Phi) is 6.67. The van der Waals surface area contributed by atoms with Crippen molar-refractivity contribution in [2.24, 2.45) is 0 Å². The van der Waals surface area contributed by atoms with E-state index in [1.807, 2.05) is 49.4 Å². The number of aryl methyl sites for hydroxylation is 1. The zero-order valence-corrected chi connectivity index (χ0v) is 13.9. The molecular formula is C20H25NO2. The summed E-state index contributed by atoms with van der Waals surface area (Å²) in [5.74, 6) is 0.771. The van der Waals surface area contributed by atoms with Gasteiger partial charge in [0, 0.05) is 11.6 Å². The predicted octanol–water partition coefficient (Wildman–Crippen LogP) is 4.23. The second-order valence-electron chi connectivity index (χ2n) is 5.77. The number of amides is 1. The summed E-state index contributed by atoms with van der Waals surface area (Å²) in [6.07, 6.45) is 2.86. The van der Waals surface area contributed by atoms with E-state index in [0.717, 1.165) is 25.0 Å². The SMILES string of the molecule is CCCOc1ccc(C(=O)NC(C)CCc2ccccc2)cc1. The van der Waals surface area contributed by atoms with E-state index in [-0.39, 0.29) is 11.9 Å². The molecule has 0 aliphatic carbocycles. The highest BCUT2D eigenvalue weighted by molar-refractivity contribution is 5.94. The molecule has 0 saturated heterocycles. The molecule has 0 saturated carbocycles. The molecule has 2 rings (SSSR count). The van der Waals surface area contributed by atoms with Crippen LogP contribution in [0.5, 0.6) is 5.75 Å². The van der Waals surface area contributed by atoms with Crippen LogP contribution in [0.1, 0.15) is 42.6 Å². The first kappa shape index (κ1) is 17.1. The van der Waals surface area contributed by atoms with E-state index in [2.05, 4.69) is 24.4 Å². The normalized spacial score (nSPS) is 11.7. The van der Waals surface area contributed by atoms with E-state index in [4.69, 9.17) is 4.74 Å². The lowest BCUT2D eigenvalue weighted by Gasteiger charge is -2.14. The molecule has 3 heteroatoms. The summed E-state index contributed by atoms with van der Waals surface area (Å²) in [5, 5.41) is 3.05. The quantitative estimate of drug-likeness (QED) is 0.792. The molecule has 0 aliphatic rings. The van der Waals surface area contributed by atoms with Crippen molar-refractivity contribution in [2.45, 2.75) is 39.2 Å². The number of benzene rings is 2. The highest BCUT2D eigenvalue weighted by Gasteiger charge is 2.10. The topological polar surface area (TPSA) is 38.3 Å². The summed E-state index contributed by atoms with van der Waals surface area (Å²) in [6.45, 7) is 4.81. The van der Waals surface area contributed by atoms with Crippen LogP contribution in [0.25, 0.3) is 0 Å². The number of hydrogen-bond acceptors (Lipinski definition) is 2. The van der Waals surface area contributed by atoms with Gasteiger partial charge in [-0.1, -0.05) is 37.3 Å². The largest absolute Gasteiger partial charge is 0.494 e. The molecule has 0 radical (unpaired) electrons. The minimum atomic E-state index is -0.0346. The first-order valence-corrected chi connectivity index (χ1v) is 8.26. The van der Waals surface area contributed by atoms with Crippen LogP contribution in [-0.4, -0.2) is 18.6 Å². The zero-order chi connectivity index (χ0) is 16.5. The molecule has 23 heavy (non-hydrogen) atoms. The van der Waals surface area contributed by atoms with Crippen molar-refractivity contribution in [1.82, 2.24) is 5.32 Å². The maximum atomic E-state index is 12.2. The Morgan fingerprint density at radius 1 is 1.09 bits per heavy atom. The lowest BCUT2D eigenvalue weighted by atomic mass is 10.1. The molecule has 0 aliphatic heterocycles. The third kappa shape index (κ3) is 5.78. The van der Waals surface area contributed by atoms with E-state index in [1.165, 1.54) is 5.56 Å². The standard InChI is InChI=1S/C20H25NO2/c1-3-15-23-19-13-11-18(12-14-19)20(22)21-16(2)9-10-17-7-5-4-6-8-17/h4-8,11-14,16H,3,9-10,15H2,1-2H3,(H,21,22). The van der Waals surface area contributed by atoms with Gasteiger partial charge in [0.15, 0.2) is 0 Å². The van der Waals surface area contributed by atoms with Gasteiger partial charge in [-0.2, -0.15) is 0 Å². The summed E-state index contributed by atoms with van der Waals surface area (Å²) < 4.78 is 5.53. The summed E-state index contributed by atoms with van der Waals surface area (Å²) in [4.78, 5) is 12.2. The molecule has 1 N–H and O–H groups in total. The van der Waals surface area contributed by atoms with Gasteiger partial charge in [-0.05, 0) is 56.0 Å². The van der Waals surface area contributed by atoms with E-state index in [9.17, 15) is 4.79 Å². The molecule has 1 unspecified atom stereocenters. The minimum absolute atomic E-state index is 0.0346. The van der Waals surface area contributed by atoms with Crippen molar-refractivity contribution >= 4 is 5.91 Å². The van der Waals surface area contributed by atoms with E-state index in [0.29, 0.717) is 12.2 Å². The summed E-state index contributed by atoms with van der Waals surface area (Å²) >= 11 is 0. The Bertz CT molecular complexity index is 593. The first-order valence-electron chi connectivity index (χ1n) is 8.26. The molecule has 1 atom stereocenters. The second kappa shape index (κ2) is 8.99. The lowest BCUT2D eigenvalue weighted by Crippen LogP contribution is -2.32. The van der Waals surface area contributed by atoms with Crippen molar-refractivity contribution in [3.05, 3.63) is 65.7 Å². The monoisotopic (exact) mass is 311 g/mol. The number of nitrogens with one attached hydrogen (secondary N) is 1. The fourth-order valence-electron chi connectivity index (χ4n) is 2.33. The number of rotatable bonds is 8. The van der Waals surface area contributed by atoms with Crippen LogP contribution < -0.4 is 10.1 Å². The zero-order valence-electron chi connectivity index (χ0n) is 13.9. The Morgan fingerprint density at radius 2 is 1.78 bits per heavy atom. The maximum absolute atomic E-state index is 12.2. The van der Waals surface area contributed by atoms with Crippen LogP contribution in [0.15, 0.2) is 54.6 Å². The summed E-state index contributed by atoms with van der Waals surface area (Å²) in [6, 6.07) is 17.8. The Hall–Kier alpha value is -2.29. The third-order valence-corrected chi connectivity index (χ3v) is 3.68. The smallest absolute Gasteiger partial charge is 0.251 e. The van der Waals surface area contributed by atoms with Gasteiger partial charge in [0.2, 0.25) is 0 Å². The Morgan fingerprint density at radius 3 is 2.43 bits per heavy atom. The second-order valence-corrected chi connectivity index (χ2v) is 5.77. The van der Waals surface area contributed by atoms with E-state index in [1.54, 1.807) is 0 Å². The molecule has 0 spiro atoms. The molecule has 2 aromatic rings. The molecular weight excluding hydrogens is 286 g/mol. The minimum Gasteiger partial charge on any atom is -0.494 e. The Labute approximate surface area is 138 Å². The fourth-order valence-corrected chi connectivity index (χ4v) is 2.33. The molecule has 2 aromatic carbocycles. The maximum Gasteiger partial charge on any atom is 0.251 e. The molecule has 0 heterocycles. The average molecular weight is 311 g/mol. The molecule has 122 valence electrons. The molecule has 3 nitrogen and oxygen atoms in total. The lowest BCUT2D eigenvalue weighted by molar-refractivity contribution is 0.0938. The van der Waals surface area contributed by atoms with Crippen molar-refractivity contribution in [1.29, 1.82) is 0 Å². The van der Waals surface area contributed by atoms with Gasteiger partial charge in [0.05, 0.1) is 6.61 Å². The van der Waals surface area contributed by atoms with E-state index >= 15 is 0 Å². The highest BCUT2D eigenvalue weighted by atomic mass is 16.5. The van der Waals surface area contributed by atoms with Crippen LogP contribution >= 0.6 is 0 Å². The van der Waals surface area contributed by atoms with Crippen molar-refractivity contribution in [3.63, 3.8) is 0 Å². The Balaban J connectivity index is 1.81. The molecule has 1 amide bonds. The van der Waals surface area contributed by atoms with Gasteiger partial charge in [-0.15, -0.1) is 0 Å². The van der Waals surface area contributed by atoms with Gasteiger partial charge < -0.3 is 10.1 Å².